The number of ether oxygens (including phenoxy) is 5. The van der Waals surface area contributed by atoms with E-state index in [-0.39, 0.29) is 12.8 Å². The Kier molecular flexibility index (Phi) is 5.59. The molecule has 2 aliphatic heterocycles. The number of oxime groups is 1. The number of likely N-dealkylation sites (N-methyl/N-ethyl adjacent to an activating group) is 1. The second kappa shape index (κ2) is 8.31. The SMILES string of the molecule is COc1ccc(C(CC2c3c(cc4c(c3OC)OCO4)CCN2C)=NO)cc1OC. The van der Waals surface area contributed by atoms with Crippen molar-refractivity contribution in [1.82, 2.24) is 4.90 Å². The minimum atomic E-state index is -0.0582. The maximum Gasteiger partial charge on any atom is 0.231 e. The molecule has 0 aliphatic carbocycles. The Hall–Kier alpha value is -3.13. The summed E-state index contributed by atoms with van der Waals surface area (Å²) in [5.41, 5.74) is 3.50. The molecule has 8 nitrogen and oxygen atoms in total. The zero-order valence-electron chi connectivity index (χ0n) is 17.6. The summed E-state index contributed by atoms with van der Waals surface area (Å²) in [4.78, 5) is 2.24. The van der Waals surface area contributed by atoms with Gasteiger partial charge < -0.3 is 28.9 Å². The van der Waals surface area contributed by atoms with Crippen LogP contribution in [0.1, 0.15) is 29.2 Å². The summed E-state index contributed by atoms with van der Waals surface area (Å²) in [6.45, 7) is 1.05. The number of hydrogen-bond donors (Lipinski definition) is 1. The van der Waals surface area contributed by atoms with Crippen LogP contribution >= 0.6 is 0 Å². The van der Waals surface area contributed by atoms with Gasteiger partial charge in [-0.2, -0.15) is 0 Å². The van der Waals surface area contributed by atoms with Crippen LogP contribution in [0.2, 0.25) is 0 Å². The van der Waals surface area contributed by atoms with Gasteiger partial charge in [-0.15, -0.1) is 0 Å². The monoisotopic (exact) mass is 414 g/mol. The van der Waals surface area contributed by atoms with Gasteiger partial charge in [0.15, 0.2) is 23.0 Å². The van der Waals surface area contributed by atoms with E-state index in [9.17, 15) is 5.21 Å². The molecule has 0 radical (unpaired) electrons. The molecule has 2 heterocycles. The Morgan fingerprint density at radius 2 is 1.93 bits per heavy atom. The molecule has 1 N–H and O–H groups in total. The first-order valence-electron chi connectivity index (χ1n) is 9.74. The summed E-state index contributed by atoms with van der Waals surface area (Å²) < 4.78 is 27.7. The third-order valence-corrected chi connectivity index (χ3v) is 5.77. The van der Waals surface area contributed by atoms with Crippen molar-refractivity contribution in [2.24, 2.45) is 5.16 Å². The van der Waals surface area contributed by atoms with Crippen LogP contribution in [0.3, 0.4) is 0 Å². The molecule has 0 fully saturated rings. The average Bonchev–Trinajstić information content (AvgIpc) is 3.25. The molecule has 1 atom stereocenters. The van der Waals surface area contributed by atoms with Gasteiger partial charge in [0.25, 0.3) is 0 Å². The first-order chi connectivity index (χ1) is 14.6. The molecule has 0 amide bonds. The van der Waals surface area contributed by atoms with Crippen molar-refractivity contribution in [1.29, 1.82) is 0 Å². The molecule has 1 unspecified atom stereocenters. The number of fused-ring (bicyclic) bond motifs is 2. The molecule has 4 rings (SSSR count). The quantitative estimate of drug-likeness (QED) is 0.441. The highest BCUT2D eigenvalue weighted by molar-refractivity contribution is 6.01. The minimum absolute atomic E-state index is 0.0582. The van der Waals surface area contributed by atoms with Crippen molar-refractivity contribution in [2.45, 2.75) is 18.9 Å². The van der Waals surface area contributed by atoms with Gasteiger partial charge in [-0.3, -0.25) is 4.90 Å². The first kappa shape index (κ1) is 20.2. The van der Waals surface area contributed by atoms with E-state index in [2.05, 4.69) is 17.1 Å². The maximum atomic E-state index is 9.84. The molecular formula is C22H26N2O6. The van der Waals surface area contributed by atoms with Gasteiger partial charge in [0.2, 0.25) is 12.5 Å². The van der Waals surface area contributed by atoms with E-state index < -0.39 is 0 Å². The summed E-state index contributed by atoms with van der Waals surface area (Å²) in [5, 5.41) is 13.5. The molecule has 2 aromatic carbocycles. The summed E-state index contributed by atoms with van der Waals surface area (Å²) in [6.07, 6.45) is 1.35. The van der Waals surface area contributed by atoms with Crippen molar-refractivity contribution < 1.29 is 28.9 Å². The third kappa shape index (κ3) is 3.37. The fraction of sp³-hybridized carbons (Fsp3) is 0.409. The molecule has 0 saturated carbocycles. The standard InChI is InChI=1S/C22H26N2O6/c1-24-8-7-14-10-19-21(30-12-29-19)22(28-4)20(14)16(24)11-15(23-25)13-5-6-17(26-2)18(9-13)27-3/h5-6,9-10,16,25H,7-8,11-12H2,1-4H3. The van der Waals surface area contributed by atoms with Gasteiger partial charge in [-0.1, -0.05) is 5.16 Å². The van der Waals surface area contributed by atoms with Crippen LogP contribution in [0, 0.1) is 0 Å². The molecule has 2 aromatic rings. The number of nitrogens with zero attached hydrogens (tertiary/aromatic N) is 2. The van der Waals surface area contributed by atoms with E-state index in [1.165, 1.54) is 0 Å². The molecule has 8 heteroatoms. The molecular weight excluding hydrogens is 388 g/mol. The van der Waals surface area contributed by atoms with E-state index in [0.29, 0.717) is 40.9 Å². The van der Waals surface area contributed by atoms with E-state index >= 15 is 0 Å². The van der Waals surface area contributed by atoms with Crippen LogP contribution < -0.4 is 23.7 Å². The number of methoxy groups -OCH3 is 3. The van der Waals surface area contributed by atoms with Gasteiger partial charge in [-0.25, -0.2) is 0 Å². The van der Waals surface area contributed by atoms with Gasteiger partial charge in [-0.05, 0) is 43.3 Å². The van der Waals surface area contributed by atoms with E-state index in [1.807, 2.05) is 18.2 Å². The lowest BCUT2D eigenvalue weighted by Gasteiger charge is -2.36. The van der Waals surface area contributed by atoms with Crippen molar-refractivity contribution in [3.63, 3.8) is 0 Å². The molecule has 0 saturated heterocycles. The van der Waals surface area contributed by atoms with Gasteiger partial charge in [0.1, 0.15) is 0 Å². The highest BCUT2D eigenvalue weighted by atomic mass is 16.7. The topological polar surface area (TPSA) is 82.0 Å². The Bertz CT molecular complexity index is 975. The van der Waals surface area contributed by atoms with Crippen molar-refractivity contribution >= 4 is 5.71 Å². The summed E-state index contributed by atoms with van der Waals surface area (Å²) in [7, 11) is 6.86. The zero-order valence-corrected chi connectivity index (χ0v) is 17.6. The lowest BCUT2D eigenvalue weighted by atomic mass is 9.87. The number of hydrogen-bond acceptors (Lipinski definition) is 8. The van der Waals surface area contributed by atoms with Gasteiger partial charge >= 0.3 is 0 Å². The van der Waals surface area contributed by atoms with Crippen LogP contribution in [0.15, 0.2) is 29.4 Å². The second-order valence-corrected chi connectivity index (χ2v) is 7.28. The van der Waals surface area contributed by atoms with Crippen LogP contribution in [0.4, 0.5) is 0 Å². The van der Waals surface area contributed by atoms with Crippen LogP contribution in [-0.2, 0) is 6.42 Å². The average molecular weight is 414 g/mol. The maximum absolute atomic E-state index is 9.84. The van der Waals surface area contributed by atoms with Crippen molar-refractivity contribution in [3.05, 3.63) is 41.0 Å². The molecule has 0 bridgehead atoms. The lowest BCUT2D eigenvalue weighted by molar-refractivity contribution is 0.170. The Morgan fingerprint density at radius 1 is 1.13 bits per heavy atom. The first-order valence-corrected chi connectivity index (χ1v) is 9.74. The minimum Gasteiger partial charge on any atom is -0.493 e. The predicted molar refractivity (Wildman–Crippen MR) is 111 cm³/mol. The van der Waals surface area contributed by atoms with Gasteiger partial charge in [0, 0.05) is 30.1 Å². The number of benzene rings is 2. The van der Waals surface area contributed by atoms with Crippen LogP contribution in [0.5, 0.6) is 28.7 Å². The highest BCUT2D eigenvalue weighted by Crippen LogP contribution is 2.50. The normalized spacial score (nSPS) is 18.1. The fourth-order valence-corrected chi connectivity index (χ4v) is 4.20. The molecule has 0 aromatic heterocycles. The number of rotatable bonds is 6. The van der Waals surface area contributed by atoms with E-state index in [0.717, 1.165) is 29.7 Å². The fourth-order valence-electron chi connectivity index (χ4n) is 4.20. The van der Waals surface area contributed by atoms with E-state index in [1.54, 1.807) is 27.4 Å². The largest absolute Gasteiger partial charge is 0.493 e. The summed E-state index contributed by atoms with van der Waals surface area (Å²) in [6, 6.07) is 7.45. The smallest absolute Gasteiger partial charge is 0.231 e. The zero-order chi connectivity index (χ0) is 21.3. The lowest BCUT2D eigenvalue weighted by Crippen LogP contribution is -2.34. The van der Waals surface area contributed by atoms with Crippen molar-refractivity contribution in [2.75, 3.05) is 41.7 Å². The molecule has 0 spiro atoms. The summed E-state index contributed by atoms with van der Waals surface area (Å²) in [5.74, 6) is 3.22. The predicted octanol–water partition coefficient (Wildman–Crippen LogP) is 3.24. The van der Waals surface area contributed by atoms with Crippen molar-refractivity contribution in [3.8, 4) is 28.7 Å². The highest BCUT2D eigenvalue weighted by Gasteiger charge is 2.35. The summed E-state index contributed by atoms with van der Waals surface area (Å²) >= 11 is 0. The Balaban J connectivity index is 1.73. The third-order valence-electron chi connectivity index (χ3n) is 5.77. The molecule has 30 heavy (non-hydrogen) atoms. The Morgan fingerprint density at radius 3 is 2.63 bits per heavy atom. The second-order valence-electron chi connectivity index (χ2n) is 7.28. The Labute approximate surface area is 175 Å². The van der Waals surface area contributed by atoms with Crippen LogP contribution in [0.25, 0.3) is 0 Å². The van der Waals surface area contributed by atoms with Crippen LogP contribution in [-0.4, -0.2) is 57.5 Å². The van der Waals surface area contributed by atoms with Gasteiger partial charge in [0.05, 0.1) is 27.0 Å². The molecule has 160 valence electrons. The van der Waals surface area contributed by atoms with E-state index in [4.69, 9.17) is 23.7 Å². The molecule has 2 aliphatic rings.